The van der Waals surface area contributed by atoms with Gasteiger partial charge in [-0.25, -0.2) is 0 Å². The number of aliphatic carboxylic acids is 1. The van der Waals surface area contributed by atoms with Crippen LogP contribution in [0.15, 0.2) is 24.3 Å². The first-order chi connectivity index (χ1) is 9.36. The number of hydrogen-bond donors (Lipinski definition) is 3. The third-order valence-corrected chi connectivity index (χ3v) is 3.09. The lowest BCUT2D eigenvalue weighted by Crippen LogP contribution is -2.52. The zero-order chi connectivity index (χ0) is 15.2. The van der Waals surface area contributed by atoms with E-state index in [1.54, 1.807) is 12.1 Å². The van der Waals surface area contributed by atoms with E-state index in [0.29, 0.717) is 13.1 Å². The second-order valence-electron chi connectivity index (χ2n) is 5.18. The molecule has 1 amide bonds. The predicted octanol–water partition coefficient (Wildman–Crippen LogP) is 1.32. The SMILES string of the molecule is CCNC(C)(C)C(=O)NCc1ccccc1CC(=O)O. The predicted molar refractivity (Wildman–Crippen MR) is 77.4 cm³/mol. The van der Waals surface area contributed by atoms with Gasteiger partial charge in [0.2, 0.25) is 5.91 Å². The molecule has 3 N–H and O–H groups in total. The number of carbonyl (C=O) groups excluding carboxylic acids is 1. The van der Waals surface area contributed by atoms with Crippen LogP contribution in [0.5, 0.6) is 0 Å². The quantitative estimate of drug-likeness (QED) is 0.703. The van der Waals surface area contributed by atoms with Gasteiger partial charge in [-0.3, -0.25) is 9.59 Å². The molecule has 0 saturated heterocycles. The minimum absolute atomic E-state index is 0.0390. The second kappa shape index (κ2) is 7.05. The summed E-state index contributed by atoms with van der Waals surface area (Å²) in [5.41, 5.74) is 0.911. The molecule has 20 heavy (non-hydrogen) atoms. The average Bonchev–Trinajstić information content (AvgIpc) is 2.36. The van der Waals surface area contributed by atoms with Crippen LogP contribution in [0.2, 0.25) is 0 Å². The van der Waals surface area contributed by atoms with Crippen molar-refractivity contribution in [3.63, 3.8) is 0 Å². The van der Waals surface area contributed by atoms with Crippen LogP contribution < -0.4 is 10.6 Å². The summed E-state index contributed by atoms with van der Waals surface area (Å²) in [5.74, 6) is -0.985. The summed E-state index contributed by atoms with van der Waals surface area (Å²) in [5, 5.41) is 14.8. The molecule has 0 aliphatic carbocycles. The first kappa shape index (κ1) is 16.2. The van der Waals surface area contributed by atoms with Crippen LogP contribution in [0.1, 0.15) is 31.9 Å². The lowest BCUT2D eigenvalue weighted by Gasteiger charge is -2.24. The third-order valence-electron chi connectivity index (χ3n) is 3.09. The van der Waals surface area contributed by atoms with Gasteiger partial charge < -0.3 is 15.7 Å². The summed E-state index contributed by atoms with van der Waals surface area (Å²) in [4.78, 5) is 22.9. The molecule has 0 spiro atoms. The van der Waals surface area contributed by atoms with Crippen molar-refractivity contribution in [2.45, 2.75) is 39.3 Å². The number of benzene rings is 1. The fraction of sp³-hybridized carbons (Fsp3) is 0.467. The van der Waals surface area contributed by atoms with E-state index in [2.05, 4.69) is 10.6 Å². The van der Waals surface area contributed by atoms with Gasteiger partial charge in [0.25, 0.3) is 0 Å². The maximum atomic E-state index is 12.1. The van der Waals surface area contributed by atoms with Crippen LogP contribution in [0.25, 0.3) is 0 Å². The third kappa shape index (κ3) is 4.66. The molecule has 1 aromatic carbocycles. The van der Waals surface area contributed by atoms with Crippen LogP contribution in [0.4, 0.5) is 0 Å². The van der Waals surface area contributed by atoms with Crippen LogP contribution in [-0.2, 0) is 22.6 Å². The van der Waals surface area contributed by atoms with Crippen molar-refractivity contribution < 1.29 is 14.7 Å². The highest BCUT2D eigenvalue weighted by molar-refractivity contribution is 5.85. The van der Waals surface area contributed by atoms with Gasteiger partial charge in [-0.2, -0.15) is 0 Å². The molecule has 1 aromatic rings. The smallest absolute Gasteiger partial charge is 0.307 e. The zero-order valence-corrected chi connectivity index (χ0v) is 12.2. The topological polar surface area (TPSA) is 78.4 Å². The van der Waals surface area contributed by atoms with Crippen LogP contribution in [0.3, 0.4) is 0 Å². The zero-order valence-electron chi connectivity index (χ0n) is 12.2. The Morgan fingerprint density at radius 3 is 2.35 bits per heavy atom. The normalized spacial score (nSPS) is 11.2. The van der Waals surface area contributed by atoms with Crippen LogP contribution in [0, 0.1) is 0 Å². The molecule has 0 heterocycles. The molecule has 0 saturated carbocycles. The van der Waals surface area contributed by atoms with E-state index in [-0.39, 0.29) is 12.3 Å². The van der Waals surface area contributed by atoms with E-state index in [9.17, 15) is 9.59 Å². The molecule has 0 atom stereocenters. The van der Waals surface area contributed by atoms with E-state index >= 15 is 0 Å². The number of amides is 1. The largest absolute Gasteiger partial charge is 0.481 e. The Morgan fingerprint density at radius 2 is 1.80 bits per heavy atom. The number of likely N-dealkylation sites (N-methyl/N-ethyl adjacent to an activating group) is 1. The van der Waals surface area contributed by atoms with E-state index in [1.807, 2.05) is 32.9 Å². The van der Waals surface area contributed by atoms with Crippen molar-refractivity contribution in [1.82, 2.24) is 10.6 Å². The van der Waals surface area contributed by atoms with Gasteiger partial charge in [-0.1, -0.05) is 31.2 Å². The number of hydrogen-bond acceptors (Lipinski definition) is 3. The number of nitrogens with one attached hydrogen (secondary N) is 2. The molecule has 5 heteroatoms. The Labute approximate surface area is 119 Å². The van der Waals surface area contributed by atoms with Gasteiger partial charge in [0, 0.05) is 6.54 Å². The Balaban J connectivity index is 2.70. The second-order valence-corrected chi connectivity index (χ2v) is 5.18. The summed E-state index contributed by atoms with van der Waals surface area (Å²) < 4.78 is 0. The van der Waals surface area contributed by atoms with E-state index in [4.69, 9.17) is 5.11 Å². The minimum Gasteiger partial charge on any atom is -0.481 e. The number of rotatable bonds is 7. The summed E-state index contributed by atoms with van der Waals surface area (Å²) >= 11 is 0. The molecule has 0 aromatic heterocycles. The van der Waals surface area contributed by atoms with Crippen molar-refractivity contribution in [3.8, 4) is 0 Å². The van der Waals surface area contributed by atoms with Gasteiger partial charge in [0.05, 0.1) is 12.0 Å². The standard InChI is InChI=1S/C15H22N2O3/c1-4-17-15(2,3)14(20)16-10-12-8-6-5-7-11(12)9-13(18)19/h5-8,17H,4,9-10H2,1-3H3,(H,16,20)(H,18,19). The molecule has 0 aliphatic rings. The average molecular weight is 278 g/mol. The summed E-state index contributed by atoms with van der Waals surface area (Å²) in [6, 6.07) is 7.23. The van der Waals surface area contributed by atoms with Gasteiger partial charge in [-0.05, 0) is 31.5 Å². The summed E-state index contributed by atoms with van der Waals surface area (Å²) in [6.07, 6.45) is -0.0390. The highest BCUT2D eigenvalue weighted by Gasteiger charge is 2.25. The molecule has 110 valence electrons. The Kier molecular flexibility index (Phi) is 5.70. The first-order valence-electron chi connectivity index (χ1n) is 6.68. The van der Waals surface area contributed by atoms with Crippen molar-refractivity contribution in [2.24, 2.45) is 0 Å². The fourth-order valence-corrected chi connectivity index (χ4v) is 1.98. The molecule has 0 unspecified atom stereocenters. The number of carbonyl (C=O) groups is 2. The molecule has 0 aliphatic heterocycles. The van der Waals surface area contributed by atoms with Crippen molar-refractivity contribution in [2.75, 3.05) is 6.54 Å². The van der Waals surface area contributed by atoms with Crippen LogP contribution in [-0.4, -0.2) is 29.1 Å². The number of carboxylic acid groups (broad SMARTS) is 1. The fourth-order valence-electron chi connectivity index (χ4n) is 1.98. The van der Waals surface area contributed by atoms with E-state index in [1.165, 1.54) is 0 Å². The maximum absolute atomic E-state index is 12.1. The lowest BCUT2D eigenvalue weighted by molar-refractivity contribution is -0.136. The maximum Gasteiger partial charge on any atom is 0.307 e. The van der Waals surface area contributed by atoms with Crippen molar-refractivity contribution in [1.29, 1.82) is 0 Å². The van der Waals surface area contributed by atoms with Gasteiger partial charge in [-0.15, -0.1) is 0 Å². The summed E-state index contributed by atoms with van der Waals surface area (Å²) in [7, 11) is 0. The Morgan fingerprint density at radius 1 is 1.20 bits per heavy atom. The van der Waals surface area contributed by atoms with Gasteiger partial charge in [0.1, 0.15) is 0 Å². The molecular weight excluding hydrogens is 256 g/mol. The molecular formula is C15H22N2O3. The van der Waals surface area contributed by atoms with Crippen LogP contribution >= 0.6 is 0 Å². The van der Waals surface area contributed by atoms with Crippen molar-refractivity contribution in [3.05, 3.63) is 35.4 Å². The molecule has 0 radical (unpaired) electrons. The molecule has 0 bridgehead atoms. The van der Waals surface area contributed by atoms with E-state index in [0.717, 1.165) is 11.1 Å². The molecule has 1 rings (SSSR count). The van der Waals surface area contributed by atoms with Gasteiger partial charge >= 0.3 is 5.97 Å². The highest BCUT2D eigenvalue weighted by atomic mass is 16.4. The minimum atomic E-state index is -0.878. The summed E-state index contributed by atoms with van der Waals surface area (Å²) in [6.45, 7) is 6.61. The molecule has 0 fully saturated rings. The Bertz CT molecular complexity index is 484. The van der Waals surface area contributed by atoms with Crippen molar-refractivity contribution >= 4 is 11.9 Å². The van der Waals surface area contributed by atoms with Gasteiger partial charge in [0.15, 0.2) is 0 Å². The number of carboxylic acids is 1. The first-order valence-corrected chi connectivity index (χ1v) is 6.68. The Hall–Kier alpha value is -1.88. The molecule has 5 nitrogen and oxygen atoms in total. The lowest BCUT2D eigenvalue weighted by atomic mass is 10.0. The monoisotopic (exact) mass is 278 g/mol. The highest BCUT2D eigenvalue weighted by Crippen LogP contribution is 2.10. The van der Waals surface area contributed by atoms with E-state index < -0.39 is 11.5 Å².